The maximum atomic E-state index is 13.3. The van der Waals surface area contributed by atoms with Gasteiger partial charge in [0.15, 0.2) is 0 Å². The normalized spacial score (nSPS) is 16.0. The molecule has 1 saturated heterocycles. The van der Waals surface area contributed by atoms with E-state index in [0.29, 0.717) is 6.54 Å². The number of sulfonamides is 1. The SMILES string of the molecule is C[C@H](C(=O)NCc1ccccc1CN1CCCCC1)N(c1ccc(F)cc1)S(C)(=O)=O. The number of carbonyl (C=O) groups is 1. The second-order valence-corrected chi connectivity index (χ2v) is 9.89. The zero-order chi connectivity index (χ0) is 22.4. The minimum atomic E-state index is -3.74. The first-order chi connectivity index (χ1) is 14.8. The molecule has 1 aliphatic heterocycles. The number of anilines is 1. The van der Waals surface area contributed by atoms with Crippen LogP contribution in [0.15, 0.2) is 48.5 Å². The second kappa shape index (κ2) is 10.2. The van der Waals surface area contributed by atoms with Crippen molar-refractivity contribution in [2.24, 2.45) is 0 Å². The Bertz CT molecular complexity index is 989. The zero-order valence-corrected chi connectivity index (χ0v) is 18.9. The van der Waals surface area contributed by atoms with Crippen molar-refractivity contribution in [1.82, 2.24) is 10.2 Å². The van der Waals surface area contributed by atoms with Crippen molar-refractivity contribution in [1.29, 1.82) is 0 Å². The fourth-order valence-electron chi connectivity index (χ4n) is 3.97. The third kappa shape index (κ3) is 6.27. The average molecular weight is 448 g/mol. The van der Waals surface area contributed by atoms with Gasteiger partial charge in [-0.15, -0.1) is 0 Å². The van der Waals surface area contributed by atoms with Crippen molar-refractivity contribution in [3.63, 3.8) is 0 Å². The summed E-state index contributed by atoms with van der Waals surface area (Å²) < 4.78 is 39.0. The molecule has 1 N–H and O–H groups in total. The van der Waals surface area contributed by atoms with E-state index < -0.39 is 27.8 Å². The molecular weight excluding hydrogens is 417 g/mol. The third-order valence-corrected chi connectivity index (χ3v) is 6.83. The highest BCUT2D eigenvalue weighted by atomic mass is 32.2. The molecule has 2 aromatic carbocycles. The van der Waals surface area contributed by atoms with Gasteiger partial charge in [-0.3, -0.25) is 14.0 Å². The van der Waals surface area contributed by atoms with E-state index in [0.717, 1.165) is 41.3 Å². The summed E-state index contributed by atoms with van der Waals surface area (Å²) in [6.07, 6.45) is 4.73. The van der Waals surface area contributed by atoms with Gasteiger partial charge in [0, 0.05) is 13.1 Å². The van der Waals surface area contributed by atoms with Gasteiger partial charge >= 0.3 is 0 Å². The molecule has 1 fully saturated rings. The predicted octanol–water partition coefficient (Wildman–Crippen LogP) is 3.28. The summed E-state index contributed by atoms with van der Waals surface area (Å²) in [6.45, 7) is 4.84. The monoisotopic (exact) mass is 447 g/mol. The third-order valence-electron chi connectivity index (χ3n) is 5.58. The minimum Gasteiger partial charge on any atom is -0.350 e. The number of hydrogen-bond donors (Lipinski definition) is 1. The van der Waals surface area contributed by atoms with Crippen LogP contribution in [0.5, 0.6) is 0 Å². The summed E-state index contributed by atoms with van der Waals surface area (Å²) in [5.74, 6) is -0.887. The van der Waals surface area contributed by atoms with Gasteiger partial charge in [-0.1, -0.05) is 30.7 Å². The van der Waals surface area contributed by atoms with Gasteiger partial charge in [-0.2, -0.15) is 0 Å². The molecule has 0 bridgehead atoms. The van der Waals surface area contributed by atoms with E-state index in [9.17, 15) is 17.6 Å². The lowest BCUT2D eigenvalue weighted by Gasteiger charge is -2.29. The van der Waals surface area contributed by atoms with Crippen LogP contribution < -0.4 is 9.62 Å². The van der Waals surface area contributed by atoms with Crippen LogP contribution in [0.4, 0.5) is 10.1 Å². The molecule has 0 radical (unpaired) electrons. The lowest BCUT2D eigenvalue weighted by Crippen LogP contribution is -2.47. The van der Waals surface area contributed by atoms with E-state index in [1.165, 1.54) is 50.5 Å². The van der Waals surface area contributed by atoms with E-state index in [2.05, 4.69) is 16.3 Å². The van der Waals surface area contributed by atoms with Crippen molar-refractivity contribution in [3.05, 3.63) is 65.5 Å². The maximum Gasteiger partial charge on any atom is 0.243 e. The number of nitrogens with one attached hydrogen (secondary N) is 1. The van der Waals surface area contributed by atoms with Gasteiger partial charge < -0.3 is 5.32 Å². The first-order valence-electron chi connectivity index (χ1n) is 10.6. The fourth-order valence-corrected chi connectivity index (χ4v) is 5.14. The largest absolute Gasteiger partial charge is 0.350 e. The Morgan fingerprint density at radius 3 is 2.29 bits per heavy atom. The number of hydrogen-bond acceptors (Lipinski definition) is 4. The maximum absolute atomic E-state index is 13.3. The molecule has 0 saturated carbocycles. The highest BCUT2D eigenvalue weighted by Crippen LogP contribution is 2.21. The van der Waals surface area contributed by atoms with Crippen molar-refractivity contribution in [3.8, 4) is 0 Å². The molecule has 3 rings (SSSR count). The van der Waals surface area contributed by atoms with Crippen molar-refractivity contribution >= 4 is 21.6 Å². The van der Waals surface area contributed by atoms with E-state index >= 15 is 0 Å². The van der Waals surface area contributed by atoms with Crippen LogP contribution >= 0.6 is 0 Å². The number of piperidine rings is 1. The van der Waals surface area contributed by atoms with Gasteiger partial charge in [0.1, 0.15) is 11.9 Å². The topological polar surface area (TPSA) is 69.7 Å². The van der Waals surface area contributed by atoms with Gasteiger partial charge in [0.25, 0.3) is 0 Å². The molecule has 0 aliphatic carbocycles. The average Bonchev–Trinajstić information content (AvgIpc) is 2.74. The van der Waals surface area contributed by atoms with Gasteiger partial charge in [0.2, 0.25) is 15.9 Å². The summed E-state index contributed by atoms with van der Waals surface area (Å²) in [7, 11) is -3.74. The highest BCUT2D eigenvalue weighted by molar-refractivity contribution is 7.92. The second-order valence-electron chi connectivity index (χ2n) is 8.03. The molecule has 1 amide bonds. The Morgan fingerprint density at radius 1 is 1.06 bits per heavy atom. The molecule has 6 nitrogen and oxygen atoms in total. The van der Waals surface area contributed by atoms with E-state index in [1.807, 2.05) is 18.2 Å². The number of amides is 1. The summed E-state index contributed by atoms with van der Waals surface area (Å²) in [5, 5.41) is 2.87. The molecule has 31 heavy (non-hydrogen) atoms. The van der Waals surface area contributed by atoms with Crippen LogP contribution in [0.1, 0.15) is 37.3 Å². The quantitative estimate of drug-likeness (QED) is 0.674. The molecule has 1 aliphatic rings. The number of nitrogens with zero attached hydrogens (tertiary/aromatic N) is 2. The highest BCUT2D eigenvalue weighted by Gasteiger charge is 2.29. The number of carbonyl (C=O) groups excluding carboxylic acids is 1. The standard InChI is InChI=1S/C23H30FN3O3S/c1-18(27(31(2,29)30)22-12-10-21(24)11-13-22)23(28)25-16-19-8-4-5-9-20(19)17-26-14-6-3-7-15-26/h4-5,8-13,18H,3,6-7,14-17H2,1-2H3,(H,25,28)/t18-/m1/s1. The Kier molecular flexibility index (Phi) is 7.67. The smallest absolute Gasteiger partial charge is 0.243 e. The van der Waals surface area contributed by atoms with Gasteiger partial charge in [-0.25, -0.2) is 12.8 Å². The van der Waals surface area contributed by atoms with Crippen LogP contribution in [0.2, 0.25) is 0 Å². The van der Waals surface area contributed by atoms with Crippen molar-refractivity contribution < 1.29 is 17.6 Å². The lowest BCUT2D eigenvalue weighted by molar-refractivity contribution is -0.122. The molecule has 168 valence electrons. The Labute approximate surface area is 184 Å². The van der Waals surface area contributed by atoms with Crippen LogP contribution in [0.3, 0.4) is 0 Å². The first kappa shape index (κ1) is 23.2. The Hall–Kier alpha value is -2.45. The summed E-state index contributed by atoms with van der Waals surface area (Å²) in [5.41, 5.74) is 2.43. The summed E-state index contributed by atoms with van der Waals surface area (Å²) >= 11 is 0. The number of benzene rings is 2. The molecular formula is C23H30FN3O3S. The number of rotatable bonds is 8. The first-order valence-corrected chi connectivity index (χ1v) is 12.4. The molecule has 1 atom stereocenters. The number of likely N-dealkylation sites (tertiary alicyclic amines) is 1. The Morgan fingerprint density at radius 2 is 1.68 bits per heavy atom. The molecule has 8 heteroatoms. The van der Waals surface area contributed by atoms with Crippen LogP contribution in [0, 0.1) is 5.82 Å². The Balaban J connectivity index is 1.70. The van der Waals surface area contributed by atoms with Crippen molar-refractivity contribution in [2.45, 2.75) is 45.3 Å². The summed E-state index contributed by atoms with van der Waals surface area (Å²) in [6, 6.07) is 12.1. The van der Waals surface area contributed by atoms with Gasteiger partial charge in [-0.05, 0) is 68.2 Å². The van der Waals surface area contributed by atoms with Crippen LogP contribution in [0.25, 0.3) is 0 Å². The van der Waals surface area contributed by atoms with Crippen LogP contribution in [-0.4, -0.2) is 44.6 Å². The van der Waals surface area contributed by atoms with Crippen LogP contribution in [-0.2, 0) is 27.9 Å². The predicted molar refractivity (Wildman–Crippen MR) is 121 cm³/mol. The molecule has 1 heterocycles. The fraction of sp³-hybridized carbons (Fsp3) is 0.435. The van der Waals surface area contributed by atoms with E-state index in [1.54, 1.807) is 0 Å². The molecule has 0 unspecified atom stereocenters. The molecule has 2 aromatic rings. The van der Waals surface area contributed by atoms with Gasteiger partial charge in [0.05, 0.1) is 11.9 Å². The number of halogens is 1. The summed E-state index contributed by atoms with van der Waals surface area (Å²) in [4.78, 5) is 15.3. The van der Waals surface area contributed by atoms with E-state index in [4.69, 9.17) is 0 Å². The zero-order valence-electron chi connectivity index (χ0n) is 18.1. The molecule has 0 aromatic heterocycles. The van der Waals surface area contributed by atoms with E-state index in [-0.39, 0.29) is 5.69 Å². The molecule has 0 spiro atoms. The van der Waals surface area contributed by atoms with Crippen molar-refractivity contribution in [2.75, 3.05) is 23.7 Å². The minimum absolute atomic E-state index is 0.247. The lowest BCUT2D eigenvalue weighted by atomic mass is 10.0.